The summed E-state index contributed by atoms with van der Waals surface area (Å²) in [4.78, 5) is 12.7. The van der Waals surface area contributed by atoms with Gasteiger partial charge in [0.15, 0.2) is 5.82 Å². The van der Waals surface area contributed by atoms with Gasteiger partial charge in [-0.2, -0.15) is 5.10 Å². The second-order valence-electron chi connectivity index (χ2n) is 5.46. The lowest BCUT2D eigenvalue weighted by Gasteiger charge is -2.11. The molecule has 25 heavy (non-hydrogen) atoms. The fourth-order valence-electron chi connectivity index (χ4n) is 2.45. The Kier molecular flexibility index (Phi) is 3.57. The first-order valence-corrected chi connectivity index (χ1v) is 7.46. The van der Waals surface area contributed by atoms with Crippen molar-refractivity contribution in [1.82, 2.24) is 25.1 Å². The molecule has 0 atom stereocenters. The molecule has 0 fully saturated rings. The van der Waals surface area contributed by atoms with E-state index in [0.29, 0.717) is 11.3 Å². The van der Waals surface area contributed by atoms with E-state index in [-0.39, 0.29) is 11.4 Å². The van der Waals surface area contributed by atoms with Gasteiger partial charge < -0.3 is 5.32 Å². The van der Waals surface area contributed by atoms with Gasteiger partial charge in [0.05, 0.1) is 17.4 Å². The zero-order valence-electron chi connectivity index (χ0n) is 13.1. The third-order valence-electron chi connectivity index (χ3n) is 3.74. The zero-order chi connectivity index (χ0) is 17.4. The highest BCUT2D eigenvalue weighted by molar-refractivity contribution is 5.88. The maximum atomic E-state index is 14.0. The number of nitrogens with one attached hydrogen (secondary N) is 2. The molecular formula is C17H12F2N6. The minimum Gasteiger partial charge on any atom is -0.338 e. The van der Waals surface area contributed by atoms with Gasteiger partial charge in [-0.05, 0) is 31.2 Å². The summed E-state index contributed by atoms with van der Waals surface area (Å²) in [6.07, 6.45) is 4.81. The second-order valence-corrected chi connectivity index (χ2v) is 5.46. The quantitative estimate of drug-likeness (QED) is 0.595. The highest BCUT2D eigenvalue weighted by Crippen LogP contribution is 2.26. The van der Waals surface area contributed by atoms with Crippen molar-refractivity contribution in [3.8, 4) is 11.4 Å². The standard InChI is InChI=1S/C17H12F2N6/c1-9-7-21-17(11-6-10(18)2-3-12(11)19)24-16(9)23-13-4-5-20-14-8-22-25-15(13)14/h2-8H,1H3,(H,22,25)(H,20,21,23,24). The summed E-state index contributed by atoms with van der Waals surface area (Å²) in [5.41, 5.74) is 2.90. The van der Waals surface area contributed by atoms with Gasteiger partial charge in [0.1, 0.15) is 28.5 Å². The SMILES string of the molecule is Cc1cnc(-c2cc(F)ccc2F)nc1Nc1ccnc2cn[nH]c12. The highest BCUT2D eigenvalue weighted by atomic mass is 19.1. The lowest BCUT2D eigenvalue weighted by Crippen LogP contribution is -2.02. The molecule has 0 aliphatic rings. The van der Waals surface area contributed by atoms with E-state index < -0.39 is 11.6 Å². The van der Waals surface area contributed by atoms with Crippen LogP contribution < -0.4 is 5.32 Å². The smallest absolute Gasteiger partial charge is 0.164 e. The van der Waals surface area contributed by atoms with E-state index in [9.17, 15) is 8.78 Å². The van der Waals surface area contributed by atoms with Crippen molar-refractivity contribution in [3.05, 3.63) is 60.1 Å². The molecule has 0 amide bonds. The topological polar surface area (TPSA) is 79.4 Å². The molecule has 4 aromatic rings. The molecule has 3 aromatic heterocycles. The number of H-pyrrole nitrogens is 1. The van der Waals surface area contributed by atoms with E-state index in [0.717, 1.165) is 35.0 Å². The van der Waals surface area contributed by atoms with Crippen LogP contribution in [-0.4, -0.2) is 25.1 Å². The summed E-state index contributed by atoms with van der Waals surface area (Å²) >= 11 is 0. The summed E-state index contributed by atoms with van der Waals surface area (Å²) in [6.45, 7) is 1.82. The Morgan fingerprint density at radius 2 is 1.96 bits per heavy atom. The number of pyridine rings is 1. The molecule has 0 unspecified atom stereocenters. The largest absolute Gasteiger partial charge is 0.338 e. The van der Waals surface area contributed by atoms with Crippen molar-refractivity contribution >= 4 is 22.5 Å². The molecular weight excluding hydrogens is 326 g/mol. The molecule has 8 heteroatoms. The van der Waals surface area contributed by atoms with Crippen LogP contribution in [0.25, 0.3) is 22.4 Å². The van der Waals surface area contributed by atoms with Crippen molar-refractivity contribution in [3.63, 3.8) is 0 Å². The molecule has 2 N–H and O–H groups in total. The summed E-state index contributed by atoms with van der Waals surface area (Å²) in [7, 11) is 0. The van der Waals surface area contributed by atoms with Crippen LogP contribution >= 0.6 is 0 Å². The molecule has 4 rings (SSSR count). The van der Waals surface area contributed by atoms with Crippen molar-refractivity contribution in [2.45, 2.75) is 6.92 Å². The molecule has 124 valence electrons. The van der Waals surface area contributed by atoms with Crippen molar-refractivity contribution in [1.29, 1.82) is 0 Å². The average molecular weight is 338 g/mol. The lowest BCUT2D eigenvalue weighted by atomic mass is 10.2. The summed E-state index contributed by atoms with van der Waals surface area (Å²) in [5.74, 6) is -0.560. The number of aromatic amines is 1. The third kappa shape index (κ3) is 2.78. The second kappa shape index (κ2) is 5.90. The number of aryl methyl sites for hydroxylation is 1. The average Bonchev–Trinajstić information content (AvgIpc) is 3.09. The first-order chi connectivity index (χ1) is 12.1. The van der Waals surface area contributed by atoms with Crippen LogP contribution in [0.5, 0.6) is 0 Å². The Hall–Kier alpha value is -3.42. The number of fused-ring (bicyclic) bond motifs is 1. The molecule has 1 aromatic carbocycles. The van der Waals surface area contributed by atoms with Crippen LogP contribution in [-0.2, 0) is 0 Å². The minimum absolute atomic E-state index is 0.00413. The zero-order valence-corrected chi connectivity index (χ0v) is 13.1. The van der Waals surface area contributed by atoms with Crippen LogP contribution in [0, 0.1) is 18.6 Å². The first-order valence-electron chi connectivity index (χ1n) is 7.46. The Balaban J connectivity index is 1.78. The number of rotatable bonds is 3. The van der Waals surface area contributed by atoms with Gasteiger partial charge in [-0.3, -0.25) is 10.1 Å². The van der Waals surface area contributed by atoms with Gasteiger partial charge >= 0.3 is 0 Å². The maximum absolute atomic E-state index is 14.0. The maximum Gasteiger partial charge on any atom is 0.164 e. The Morgan fingerprint density at radius 3 is 2.84 bits per heavy atom. The van der Waals surface area contributed by atoms with Crippen molar-refractivity contribution in [2.24, 2.45) is 0 Å². The summed E-state index contributed by atoms with van der Waals surface area (Å²) in [6, 6.07) is 4.95. The van der Waals surface area contributed by atoms with E-state index in [4.69, 9.17) is 0 Å². The number of nitrogens with zero attached hydrogens (tertiary/aromatic N) is 4. The molecule has 0 spiro atoms. The Morgan fingerprint density at radius 1 is 1.08 bits per heavy atom. The normalized spacial score (nSPS) is 11.0. The number of halogens is 2. The van der Waals surface area contributed by atoms with Crippen LogP contribution in [0.15, 0.2) is 42.9 Å². The molecule has 3 heterocycles. The predicted molar refractivity (Wildman–Crippen MR) is 89.3 cm³/mol. The van der Waals surface area contributed by atoms with Crippen molar-refractivity contribution < 1.29 is 8.78 Å². The van der Waals surface area contributed by atoms with Crippen LogP contribution in [0.3, 0.4) is 0 Å². The Bertz CT molecular complexity index is 1080. The van der Waals surface area contributed by atoms with Gasteiger partial charge in [-0.1, -0.05) is 0 Å². The number of hydrogen-bond acceptors (Lipinski definition) is 5. The van der Waals surface area contributed by atoms with E-state index in [1.807, 2.05) is 6.92 Å². The summed E-state index contributed by atoms with van der Waals surface area (Å²) < 4.78 is 27.4. The van der Waals surface area contributed by atoms with E-state index in [1.165, 1.54) is 0 Å². The summed E-state index contributed by atoms with van der Waals surface area (Å²) in [5, 5.41) is 9.99. The fraction of sp³-hybridized carbons (Fsp3) is 0.0588. The minimum atomic E-state index is -0.587. The highest BCUT2D eigenvalue weighted by Gasteiger charge is 2.13. The van der Waals surface area contributed by atoms with Gasteiger partial charge in [0, 0.05) is 18.0 Å². The van der Waals surface area contributed by atoms with Crippen LogP contribution in [0.2, 0.25) is 0 Å². The molecule has 0 bridgehead atoms. The number of anilines is 2. The first kappa shape index (κ1) is 15.1. The molecule has 0 aliphatic heterocycles. The van der Waals surface area contributed by atoms with Crippen molar-refractivity contribution in [2.75, 3.05) is 5.32 Å². The van der Waals surface area contributed by atoms with Crippen LogP contribution in [0.1, 0.15) is 5.56 Å². The van der Waals surface area contributed by atoms with E-state index >= 15 is 0 Å². The van der Waals surface area contributed by atoms with Gasteiger partial charge in [-0.15, -0.1) is 0 Å². The predicted octanol–water partition coefficient (Wildman–Crippen LogP) is 3.75. The van der Waals surface area contributed by atoms with Gasteiger partial charge in [-0.25, -0.2) is 18.7 Å². The monoisotopic (exact) mass is 338 g/mol. The van der Waals surface area contributed by atoms with E-state index in [2.05, 4.69) is 30.5 Å². The van der Waals surface area contributed by atoms with E-state index in [1.54, 1.807) is 24.7 Å². The molecule has 0 radical (unpaired) electrons. The van der Waals surface area contributed by atoms with Crippen LogP contribution in [0.4, 0.5) is 20.3 Å². The van der Waals surface area contributed by atoms with Gasteiger partial charge in [0.25, 0.3) is 0 Å². The molecule has 0 saturated heterocycles. The molecule has 0 aliphatic carbocycles. The Labute approximate surface area is 141 Å². The lowest BCUT2D eigenvalue weighted by molar-refractivity contribution is 0.602. The molecule has 6 nitrogen and oxygen atoms in total. The fourth-order valence-corrected chi connectivity index (χ4v) is 2.45. The van der Waals surface area contributed by atoms with Gasteiger partial charge in [0.2, 0.25) is 0 Å². The number of hydrogen-bond donors (Lipinski definition) is 2. The number of benzene rings is 1. The number of aromatic nitrogens is 5. The molecule has 0 saturated carbocycles. The third-order valence-corrected chi connectivity index (χ3v) is 3.74.